The molecule has 0 atom stereocenters. The van der Waals surface area contributed by atoms with Crippen LogP contribution in [0.2, 0.25) is 0 Å². The van der Waals surface area contributed by atoms with Crippen molar-refractivity contribution < 1.29 is 42.8 Å². The number of benzene rings is 4. The van der Waals surface area contributed by atoms with Crippen molar-refractivity contribution in [2.24, 2.45) is 0 Å². The Morgan fingerprint density at radius 1 is 0.386 bits per heavy atom. The van der Waals surface area contributed by atoms with Gasteiger partial charge in [0.15, 0.2) is 0 Å². The third-order valence-electron chi connectivity index (χ3n) is 7.44. The molecule has 9 nitrogen and oxygen atoms in total. The number of carbonyl (C=O) groups excluding carboxylic acids is 3. The van der Waals surface area contributed by atoms with E-state index in [-0.39, 0.29) is 10.8 Å². The molecular formula is C35H34O9. The molecule has 0 aromatic heterocycles. The summed E-state index contributed by atoms with van der Waals surface area (Å²) in [4.78, 5) is 35.2. The summed E-state index contributed by atoms with van der Waals surface area (Å²) in [7, 11) is 2.50. The van der Waals surface area contributed by atoms with E-state index in [4.69, 9.17) is 18.9 Å². The lowest BCUT2D eigenvalue weighted by molar-refractivity contribution is 0.120. The summed E-state index contributed by atoms with van der Waals surface area (Å²) < 4.78 is 29.9. The lowest BCUT2D eigenvalue weighted by atomic mass is 9.78. The average Bonchev–Trinajstić information content (AvgIpc) is 3.02. The first kappa shape index (κ1) is 31.6. The van der Waals surface area contributed by atoms with Crippen LogP contribution in [-0.4, -0.2) is 32.7 Å². The largest absolute Gasteiger partial charge is 0.519 e. The van der Waals surface area contributed by atoms with E-state index in [1.54, 1.807) is 48.5 Å². The highest BCUT2D eigenvalue weighted by Gasteiger charge is 2.25. The summed E-state index contributed by atoms with van der Waals surface area (Å²) in [6.07, 6.45) is -2.41. The van der Waals surface area contributed by atoms with Gasteiger partial charge in [-0.2, -0.15) is 0 Å². The molecule has 0 saturated carbocycles. The van der Waals surface area contributed by atoms with Crippen LogP contribution in [0.3, 0.4) is 0 Å². The zero-order chi connectivity index (χ0) is 31.9. The van der Waals surface area contributed by atoms with Crippen molar-refractivity contribution in [3.8, 4) is 23.0 Å². The standard InChI is InChI=1S/C35H34O9/c1-34(2,23-7-15-27(16-8-23)41-31(36)39-5)25-11-19-29(20-12-25)43-33(38)44-30-21-13-26(14-22-30)35(3,4)24-9-17-28(18-10-24)42-32(37)40-6/h7-22H,1-6H3. The monoisotopic (exact) mass is 598 g/mol. The first-order valence-electron chi connectivity index (χ1n) is 13.8. The second-order valence-electron chi connectivity index (χ2n) is 10.9. The minimum absolute atomic E-state index is 0.341. The van der Waals surface area contributed by atoms with E-state index >= 15 is 0 Å². The second kappa shape index (κ2) is 13.3. The van der Waals surface area contributed by atoms with Crippen LogP contribution >= 0.6 is 0 Å². The molecule has 0 saturated heterocycles. The lowest BCUT2D eigenvalue weighted by Gasteiger charge is -2.26. The average molecular weight is 599 g/mol. The summed E-state index contributed by atoms with van der Waals surface area (Å²) in [5.74, 6) is 1.45. The van der Waals surface area contributed by atoms with Crippen LogP contribution in [-0.2, 0) is 20.3 Å². The van der Waals surface area contributed by atoms with Crippen LogP contribution in [0.25, 0.3) is 0 Å². The number of hydrogen-bond acceptors (Lipinski definition) is 9. The molecule has 0 aliphatic rings. The van der Waals surface area contributed by atoms with Gasteiger partial charge in [-0.15, -0.1) is 0 Å². The summed E-state index contributed by atoms with van der Waals surface area (Å²) in [6.45, 7) is 8.25. The lowest BCUT2D eigenvalue weighted by Crippen LogP contribution is -2.19. The fourth-order valence-electron chi connectivity index (χ4n) is 4.58. The molecule has 0 amide bonds. The van der Waals surface area contributed by atoms with Crippen molar-refractivity contribution in [3.63, 3.8) is 0 Å². The Morgan fingerprint density at radius 2 is 0.591 bits per heavy atom. The minimum atomic E-state index is -0.855. The van der Waals surface area contributed by atoms with Crippen LogP contribution in [0.1, 0.15) is 49.9 Å². The summed E-state index contributed by atoms with van der Waals surface area (Å²) in [6, 6.07) is 28.7. The molecule has 0 heterocycles. The first-order valence-corrected chi connectivity index (χ1v) is 13.8. The van der Waals surface area contributed by atoms with E-state index in [1.807, 2.05) is 48.5 Å². The molecule has 0 unspecified atom stereocenters. The SMILES string of the molecule is COC(=O)Oc1ccc(C(C)(C)c2ccc(OC(=O)Oc3ccc(C(C)(C)c4ccc(OC(=O)OC)cc4)cc3)cc2)cc1. The van der Waals surface area contributed by atoms with Gasteiger partial charge in [0.05, 0.1) is 14.2 Å². The van der Waals surface area contributed by atoms with E-state index in [2.05, 4.69) is 37.2 Å². The van der Waals surface area contributed by atoms with Gasteiger partial charge in [-0.05, 0) is 70.8 Å². The fraction of sp³-hybridized carbons (Fsp3) is 0.229. The maximum Gasteiger partial charge on any atom is 0.519 e. The van der Waals surface area contributed by atoms with Crippen molar-refractivity contribution >= 4 is 18.5 Å². The second-order valence-corrected chi connectivity index (χ2v) is 10.9. The highest BCUT2D eigenvalue weighted by Crippen LogP contribution is 2.35. The maximum absolute atomic E-state index is 12.5. The number of ether oxygens (including phenoxy) is 6. The van der Waals surface area contributed by atoms with E-state index in [0.29, 0.717) is 23.0 Å². The van der Waals surface area contributed by atoms with E-state index in [1.165, 1.54) is 14.2 Å². The summed E-state index contributed by atoms with van der Waals surface area (Å²) in [5.41, 5.74) is 3.22. The van der Waals surface area contributed by atoms with Gasteiger partial charge in [-0.1, -0.05) is 76.2 Å². The van der Waals surface area contributed by atoms with Gasteiger partial charge in [-0.25, -0.2) is 14.4 Å². The van der Waals surface area contributed by atoms with Gasteiger partial charge in [0.1, 0.15) is 23.0 Å². The van der Waals surface area contributed by atoms with Crippen molar-refractivity contribution in [1.82, 2.24) is 0 Å². The zero-order valence-electron chi connectivity index (χ0n) is 25.4. The molecule has 0 aliphatic heterocycles. The molecule has 44 heavy (non-hydrogen) atoms. The number of hydrogen-bond donors (Lipinski definition) is 0. The molecule has 0 aliphatic carbocycles. The highest BCUT2D eigenvalue weighted by atomic mass is 16.7. The molecule has 0 fully saturated rings. The molecule has 0 N–H and O–H groups in total. The smallest absolute Gasteiger partial charge is 0.437 e. The Labute approximate surface area is 256 Å². The molecule has 0 spiro atoms. The predicted octanol–water partition coefficient (Wildman–Crippen LogP) is 8.21. The van der Waals surface area contributed by atoms with Crippen LogP contribution in [0.15, 0.2) is 97.1 Å². The highest BCUT2D eigenvalue weighted by molar-refractivity contribution is 5.67. The molecule has 0 bridgehead atoms. The molecule has 9 heteroatoms. The Kier molecular flexibility index (Phi) is 9.58. The quantitative estimate of drug-likeness (QED) is 0.146. The Balaban J connectivity index is 1.35. The van der Waals surface area contributed by atoms with Crippen molar-refractivity contribution in [3.05, 3.63) is 119 Å². The van der Waals surface area contributed by atoms with E-state index in [9.17, 15) is 14.4 Å². The molecule has 4 aromatic rings. The van der Waals surface area contributed by atoms with Gasteiger partial charge >= 0.3 is 18.5 Å². The Morgan fingerprint density at radius 3 is 0.795 bits per heavy atom. The maximum atomic E-state index is 12.5. The Hall–Kier alpha value is -5.31. The third kappa shape index (κ3) is 7.55. The molecule has 228 valence electrons. The number of methoxy groups -OCH3 is 2. The van der Waals surface area contributed by atoms with Gasteiger partial charge in [0, 0.05) is 10.8 Å². The van der Waals surface area contributed by atoms with E-state index in [0.717, 1.165) is 22.3 Å². The van der Waals surface area contributed by atoms with E-state index < -0.39 is 18.5 Å². The van der Waals surface area contributed by atoms with Gasteiger partial charge < -0.3 is 28.4 Å². The predicted molar refractivity (Wildman–Crippen MR) is 163 cm³/mol. The summed E-state index contributed by atoms with van der Waals surface area (Å²) in [5, 5.41) is 0. The Bertz CT molecular complexity index is 1470. The summed E-state index contributed by atoms with van der Waals surface area (Å²) >= 11 is 0. The first-order chi connectivity index (χ1) is 20.9. The molecule has 0 radical (unpaired) electrons. The normalized spacial score (nSPS) is 11.2. The van der Waals surface area contributed by atoms with Crippen LogP contribution in [0, 0.1) is 0 Å². The third-order valence-corrected chi connectivity index (χ3v) is 7.44. The molecular weight excluding hydrogens is 564 g/mol. The van der Waals surface area contributed by atoms with Gasteiger partial charge in [0.25, 0.3) is 0 Å². The van der Waals surface area contributed by atoms with Crippen LogP contribution < -0.4 is 18.9 Å². The van der Waals surface area contributed by atoms with Crippen molar-refractivity contribution in [2.75, 3.05) is 14.2 Å². The fourth-order valence-corrected chi connectivity index (χ4v) is 4.58. The molecule has 4 rings (SSSR count). The topological polar surface area (TPSA) is 107 Å². The number of carbonyl (C=O) groups is 3. The van der Waals surface area contributed by atoms with Crippen LogP contribution in [0.5, 0.6) is 23.0 Å². The van der Waals surface area contributed by atoms with Gasteiger partial charge in [0.2, 0.25) is 0 Å². The molecule has 4 aromatic carbocycles. The zero-order valence-corrected chi connectivity index (χ0v) is 25.4. The minimum Gasteiger partial charge on any atom is -0.437 e. The van der Waals surface area contributed by atoms with Crippen molar-refractivity contribution in [2.45, 2.75) is 38.5 Å². The van der Waals surface area contributed by atoms with Crippen LogP contribution in [0.4, 0.5) is 14.4 Å². The number of rotatable bonds is 8. The van der Waals surface area contributed by atoms with Crippen molar-refractivity contribution in [1.29, 1.82) is 0 Å². The van der Waals surface area contributed by atoms with Gasteiger partial charge in [-0.3, -0.25) is 0 Å².